The molecule has 114 valence electrons. The van der Waals surface area contributed by atoms with E-state index in [0.29, 0.717) is 5.92 Å². The molecule has 0 heterocycles. The molecule has 0 saturated heterocycles. The highest BCUT2D eigenvalue weighted by Gasteiger charge is 2.09. The molecule has 1 aromatic rings. The average molecular weight is 342 g/mol. The Labute approximate surface area is 132 Å². The fraction of sp³-hybridized carbons (Fsp3) is 0.647. The summed E-state index contributed by atoms with van der Waals surface area (Å²) < 4.78 is 7.14. The number of halogens is 1. The van der Waals surface area contributed by atoms with Crippen molar-refractivity contribution in [2.45, 2.75) is 53.5 Å². The molecule has 0 aliphatic rings. The number of benzene rings is 1. The maximum atomic E-state index is 6.02. The lowest BCUT2D eigenvalue weighted by atomic mass is 10.1. The fourth-order valence-electron chi connectivity index (χ4n) is 2.16. The van der Waals surface area contributed by atoms with Crippen molar-refractivity contribution in [2.75, 3.05) is 13.2 Å². The molecule has 0 bridgehead atoms. The Hall–Kier alpha value is -0.540. The summed E-state index contributed by atoms with van der Waals surface area (Å²) in [7, 11) is 0. The maximum absolute atomic E-state index is 6.02. The van der Waals surface area contributed by atoms with Gasteiger partial charge in [-0.15, -0.1) is 0 Å². The van der Waals surface area contributed by atoms with Crippen molar-refractivity contribution in [3.63, 3.8) is 0 Å². The zero-order chi connectivity index (χ0) is 15.0. The van der Waals surface area contributed by atoms with E-state index in [0.717, 1.165) is 36.3 Å². The number of hydrogen-bond acceptors (Lipinski definition) is 2. The van der Waals surface area contributed by atoms with Crippen LogP contribution in [0.1, 0.15) is 51.2 Å². The van der Waals surface area contributed by atoms with Crippen LogP contribution >= 0.6 is 15.9 Å². The second-order valence-corrected chi connectivity index (χ2v) is 6.71. The van der Waals surface area contributed by atoms with Crippen molar-refractivity contribution >= 4 is 15.9 Å². The van der Waals surface area contributed by atoms with Crippen molar-refractivity contribution in [1.29, 1.82) is 0 Å². The van der Waals surface area contributed by atoms with Gasteiger partial charge in [0.05, 0.1) is 6.61 Å². The Morgan fingerprint density at radius 2 is 2.00 bits per heavy atom. The van der Waals surface area contributed by atoms with E-state index in [1.165, 1.54) is 24.0 Å². The minimum absolute atomic E-state index is 0.664. The van der Waals surface area contributed by atoms with E-state index in [9.17, 15) is 0 Å². The maximum Gasteiger partial charge on any atom is 0.126 e. The highest BCUT2D eigenvalue weighted by molar-refractivity contribution is 9.10. The van der Waals surface area contributed by atoms with Gasteiger partial charge in [0.1, 0.15) is 5.75 Å². The quantitative estimate of drug-likeness (QED) is 0.633. The smallest absolute Gasteiger partial charge is 0.126 e. The number of aryl methyl sites for hydroxylation is 1. The zero-order valence-corrected chi connectivity index (χ0v) is 14.8. The molecule has 0 spiro atoms. The molecular formula is C17H28BrNO. The number of ether oxygens (including phenoxy) is 1. The molecule has 20 heavy (non-hydrogen) atoms. The van der Waals surface area contributed by atoms with Crippen LogP contribution in [0.3, 0.4) is 0 Å². The lowest BCUT2D eigenvalue weighted by Gasteiger charge is -2.16. The largest absolute Gasteiger partial charge is 0.493 e. The summed E-state index contributed by atoms with van der Waals surface area (Å²) in [4.78, 5) is 0. The highest BCUT2D eigenvalue weighted by Crippen LogP contribution is 2.28. The topological polar surface area (TPSA) is 21.3 Å². The monoisotopic (exact) mass is 341 g/mol. The first kappa shape index (κ1) is 17.5. The number of hydrogen-bond donors (Lipinski definition) is 1. The molecule has 0 aromatic heterocycles. The molecule has 0 fully saturated rings. The molecule has 0 saturated carbocycles. The Morgan fingerprint density at radius 3 is 2.65 bits per heavy atom. The van der Waals surface area contributed by atoms with Crippen LogP contribution in [-0.2, 0) is 6.54 Å². The van der Waals surface area contributed by atoms with Crippen LogP contribution in [0.5, 0.6) is 5.75 Å². The lowest BCUT2D eigenvalue weighted by molar-refractivity contribution is 0.300. The predicted octanol–water partition coefficient (Wildman–Crippen LogP) is 5.07. The van der Waals surface area contributed by atoms with E-state index in [4.69, 9.17) is 4.74 Å². The molecular weight excluding hydrogens is 314 g/mol. The Kier molecular flexibility index (Phi) is 8.24. The van der Waals surface area contributed by atoms with E-state index in [1.807, 2.05) is 0 Å². The van der Waals surface area contributed by atoms with Crippen LogP contribution < -0.4 is 10.1 Å². The van der Waals surface area contributed by atoms with Crippen LogP contribution in [0.2, 0.25) is 0 Å². The van der Waals surface area contributed by atoms with Crippen LogP contribution in [0, 0.1) is 12.8 Å². The second-order valence-electron chi connectivity index (χ2n) is 5.79. The average Bonchev–Trinajstić information content (AvgIpc) is 2.36. The van der Waals surface area contributed by atoms with Crippen molar-refractivity contribution in [2.24, 2.45) is 5.92 Å². The summed E-state index contributed by atoms with van der Waals surface area (Å²) in [5, 5.41) is 3.50. The Morgan fingerprint density at radius 1 is 1.25 bits per heavy atom. The summed E-state index contributed by atoms with van der Waals surface area (Å²) >= 11 is 3.58. The third kappa shape index (κ3) is 6.27. The SMILES string of the molecule is CCCCCOc1c(C)cc(Br)cc1CNCC(C)C. The second kappa shape index (κ2) is 9.41. The zero-order valence-electron chi connectivity index (χ0n) is 13.3. The van der Waals surface area contributed by atoms with Gasteiger partial charge in [-0.2, -0.15) is 0 Å². The van der Waals surface area contributed by atoms with Gasteiger partial charge in [0.15, 0.2) is 0 Å². The van der Waals surface area contributed by atoms with E-state index in [1.54, 1.807) is 0 Å². The van der Waals surface area contributed by atoms with E-state index in [2.05, 4.69) is 61.1 Å². The van der Waals surface area contributed by atoms with Crippen LogP contribution in [0.4, 0.5) is 0 Å². The van der Waals surface area contributed by atoms with Crippen LogP contribution in [0.25, 0.3) is 0 Å². The summed E-state index contributed by atoms with van der Waals surface area (Å²) in [6, 6.07) is 4.29. The van der Waals surface area contributed by atoms with Gasteiger partial charge in [0, 0.05) is 16.6 Å². The van der Waals surface area contributed by atoms with Gasteiger partial charge in [-0.3, -0.25) is 0 Å². The molecule has 0 unspecified atom stereocenters. The summed E-state index contributed by atoms with van der Waals surface area (Å²) in [5.41, 5.74) is 2.45. The molecule has 1 N–H and O–H groups in total. The summed E-state index contributed by atoms with van der Waals surface area (Å²) in [6.07, 6.45) is 3.59. The molecule has 0 atom stereocenters. The third-order valence-corrected chi connectivity index (χ3v) is 3.64. The number of nitrogens with one attached hydrogen (secondary N) is 1. The molecule has 0 aliphatic carbocycles. The standard InChI is InChI=1S/C17H28BrNO/c1-5-6-7-8-20-17-14(4)9-16(18)10-15(17)12-19-11-13(2)3/h9-10,13,19H,5-8,11-12H2,1-4H3. The first-order valence-corrected chi connectivity index (χ1v) is 8.46. The first-order chi connectivity index (χ1) is 9.54. The van der Waals surface area contributed by atoms with Gasteiger partial charge in [-0.1, -0.05) is 49.5 Å². The molecule has 3 heteroatoms. The van der Waals surface area contributed by atoms with E-state index in [-0.39, 0.29) is 0 Å². The minimum Gasteiger partial charge on any atom is -0.493 e. The van der Waals surface area contributed by atoms with E-state index >= 15 is 0 Å². The van der Waals surface area contributed by atoms with Crippen molar-refractivity contribution < 1.29 is 4.74 Å². The first-order valence-electron chi connectivity index (χ1n) is 7.67. The van der Waals surface area contributed by atoms with Gasteiger partial charge >= 0.3 is 0 Å². The summed E-state index contributed by atoms with van der Waals surface area (Å²) in [5.74, 6) is 1.72. The molecule has 0 amide bonds. The van der Waals surface area contributed by atoms with Gasteiger partial charge < -0.3 is 10.1 Å². The molecule has 1 aromatic carbocycles. The highest BCUT2D eigenvalue weighted by atomic mass is 79.9. The van der Waals surface area contributed by atoms with Crippen LogP contribution in [0.15, 0.2) is 16.6 Å². The molecule has 0 aliphatic heterocycles. The molecule has 1 rings (SSSR count). The lowest BCUT2D eigenvalue weighted by Crippen LogP contribution is -2.19. The molecule has 2 nitrogen and oxygen atoms in total. The summed E-state index contributed by atoms with van der Waals surface area (Å²) in [6.45, 7) is 11.5. The fourth-order valence-corrected chi connectivity index (χ4v) is 2.78. The van der Waals surface area contributed by atoms with Crippen molar-refractivity contribution in [1.82, 2.24) is 5.32 Å². The van der Waals surface area contributed by atoms with Gasteiger partial charge in [-0.25, -0.2) is 0 Å². The Bertz CT molecular complexity index is 404. The Balaban J connectivity index is 2.68. The van der Waals surface area contributed by atoms with E-state index < -0.39 is 0 Å². The third-order valence-electron chi connectivity index (χ3n) is 3.18. The number of unbranched alkanes of at least 4 members (excludes halogenated alkanes) is 2. The van der Waals surface area contributed by atoms with Crippen molar-refractivity contribution in [3.8, 4) is 5.75 Å². The van der Waals surface area contributed by atoms with Gasteiger partial charge in [-0.05, 0) is 43.5 Å². The van der Waals surface area contributed by atoms with Gasteiger partial charge in [0.25, 0.3) is 0 Å². The van der Waals surface area contributed by atoms with Crippen molar-refractivity contribution in [3.05, 3.63) is 27.7 Å². The van der Waals surface area contributed by atoms with Gasteiger partial charge in [0.2, 0.25) is 0 Å². The van der Waals surface area contributed by atoms with Crippen LogP contribution in [-0.4, -0.2) is 13.2 Å². The normalized spacial score (nSPS) is 11.1. The predicted molar refractivity (Wildman–Crippen MR) is 90.4 cm³/mol. The minimum atomic E-state index is 0.664. The molecule has 0 radical (unpaired) electrons. The number of rotatable bonds is 9.